The number of hydrogen-bond donors (Lipinski definition) is 2. The molecule has 0 spiro atoms. The fraction of sp³-hybridized carbons (Fsp3) is 0.286. The Morgan fingerprint density at radius 3 is 2.60 bits per heavy atom. The molecule has 1 amide bonds. The van der Waals surface area contributed by atoms with Gasteiger partial charge in [0, 0.05) is 29.1 Å². The van der Waals surface area contributed by atoms with E-state index in [-0.39, 0.29) is 17.1 Å². The lowest BCUT2D eigenvalue weighted by Gasteiger charge is -2.25. The quantitative estimate of drug-likeness (QED) is 0.718. The molecule has 0 saturated carbocycles. The number of rotatable bonds is 5. The zero-order valence-electron chi connectivity index (χ0n) is 14.8. The molecule has 0 atom stereocenters. The minimum atomic E-state index is -0.265. The maximum atomic E-state index is 13.4. The Balaban J connectivity index is 1.68. The summed E-state index contributed by atoms with van der Waals surface area (Å²) >= 11 is 0. The third-order valence-electron chi connectivity index (χ3n) is 4.59. The summed E-state index contributed by atoms with van der Waals surface area (Å²) in [7, 11) is 0. The number of amides is 1. The van der Waals surface area contributed by atoms with Crippen LogP contribution in [-0.4, -0.2) is 17.4 Å². The Morgan fingerprint density at radius 2 is 1.88 bits per heavy atom. The molecule has 0 fully saturated rings. The topological polar surface area (TPSA) is 44.9 Å². The lowest BCUT2D eigenvalue weighted by molar-refractivity contribution is -0.120. The van der Waals surface area contributed by atoms with Crippen molar-refractivity contribution in [3.63, 3.8) is 0 Å². The first-order chi connectivity index (χ1) is 11.8. The van der Waals surface area contributed by atoms with Gasteiger partial charge in [-0.2, -0.15) is 0 Å². The van der Waals surface area contributed by atoms with E-state index in [4.69, 9.17) is 0 Å². The Labute approximate surface area is 147 Å². The van der Waals surface area contributed by atoms with Crippen LogP contribution in [0.3, 0.4) is 0 Å². The normalized spacial score (nSPS) is 11.7. The van der Waals surface area contributed by atoms with Gasteiger partial charge in [0.05, 0.1) is 6.42 Å². The number of H-pyrrole nitrogens is 1. The number of halogens is 1. The van der Waals surface area contributed by atoms with E-state index in [2.05, 4.69) is 24.1 Å². The van der Waals surface area contributed by atoms with E-state index < -0.39 is 0 Å². The first-order valence-electron chi connectivity index (χ1n) is 8.44. The number of aryl methyl sites for hydroxylation is 1. The van der Waals surface area contributed by atoms with Gasteiger partial charge < -0.3 is 10.3 Å². The van der Waals surface area contributed by atoms with Crippen molar-refractivity contribution in [2.75, 3.05) is 6.54 Å². The average Bonchev–Trinajstić information content (AvgIpc) is 2.99. The van der Waals surface area contributed by atoms with Gasteiger partial charge >= 0.3 is 0 Å². The van der Waals surface area contributed by atoms with E-state index in [1.807, 2.05) is 37.4 Å². The van der Waals surface area contributed by atoms with Crippen molar-refractivity contribution in [1.82, 2.24) is 10.3 Å². The summed E-state index contributed by atoms with van der Waals surface area (Å²) in [6.07, 6.45) is 2.27. The molecule has 0 bridgehead atoms. The lowest BCUT2D eigenvalue weighted by atomic mass is 9.84. The minimum Gasteiger partial charge on any atom is -0.361 e. The van der Waals surface area contributed by atoms with E-state index in [9.17, 15) is 9.18 Å². The van der Waals surface area contributed by atoms with Crippen molar-refractivity contribution < 1.29 is 9.18 Å². The molecule has 3 aromatic rings. The minimum absolute atomic E-state index is 0.00261. The van der Waals surface area contributed by atoms with E-state index in [1.54, 1.807) is 6.07 Å². The molecule has 1 aromatic heterocycles. The summed E-state index contributed by atoms with van der Waals surface area (Å²) in [6, 6.07) is 12.7. The van der Waals surface area contributed by atoms with Gasteiger partial charge in [0.1, 0.15) is 5.82 Å². The highest BCUT2D eigenvalue weighted by Crippen LogP contribution is 2.30. The van der Waals surface area contributed by atoms with E-state index in [0.29, 0.717) is 13.0 Å². The van der Waals surface area contributed by atoms with Crippen LogP contribution < -0.4 is 5.32 Å². The van der Waals surface area contributed by atoms with E-state index in [0.717, 1.165) is 22.0 Å². The van der Waals surface area contributed by atoms with Crippen LogP contribution in [0.2, 0.25) is 0 Å². The molecule has 2 N–H and O–H groups in total. The van der Waals surface area contributed by atoms with E-state index in [1.165, 1.54) is 17.7 Å². The maximum absolute atomic E-state index is 13.4. The number of carbonyl (C=O) groups is 1. The fourth-order valence-electron chi connectivity index (χ4n) is 3.03. The fourth-order valence-corrected chi connectivity index (χ4v) is 3.03. The first-order valence-corrected chi connectivity index (χ1v) is 8.44. The highest BCUT2D eigenvalue weighted by molar-refractivity contribution is 5.84. The van der Waals surface area contributed by atoms with E-state index >= 15 is 0 Å². The molecule has 0 aliphatic rings. The highest BCUT2D eigenvalue weighted by Gasteiger charge is 2.24. The van der Waals surface area contributed by atoms with Crippen LogP contribution in [0.1, 0.15) is 30.5 Å². The van der Waals surface area contributed by atoms with Gasteiger partial charge in [-0.05, 0) is 36.2 Å². The van der Waals surface area contributed by atoms with Gasteiger partial charge in [0.25, 0.3) is 0 Å². The number of carbonyl (C=O) groups excluding carboxylic acids is 1. The van der Waals surface area contributed by atoms with Crippen molar-refractivity contribution in [1.29, 1.82) is 0 Å². The molecule has 130 valence electrons. The molecule has 2 aromatic carbocycles. The average molecular weight is 338 g/mol. The standard InChI is InChI=1S/C21H23FN2O/c1-14-4-6-15(7-5-14)10-20(25)24-13-21(2,3)18-12-23-19-11-16(22)8-9-17(18)19/h4-9,11-12,23H,10,13H2,1-3H3,(H,24,25). The van der Waals surface area contributed by atoms with Crippen LogP contribution in [0.5, 0.6) is 0 Å². The van der Waals surface area contributed by atoms with Crippen LogP contribution in [0.25, 0.3) is 10.9 Å². The lowest BCUT2D eigenvalue weighted by Crippen LogP contribution is -2.37. The molecule has 0 saturated heterocycles. The van der Waals surface area contributed by atoms with Crippen LogP contribution in [0.15, 0.2) is 48.7 Å². The van der Waals surface area contributed by atoms with Crippen LogP contribution in [0.4, 0.5) is 4.39 Å². The smallest absolute Gasteiger partial charge is 0.224 e. The Kier molecular flexibility index (Phi) is 4.62. The van der Waals surface area contributed by atoms with Crippen molar-refractivity contribution in [3.8, 4) is 0 Å². The zero-order valence-corrected chi connectivity index (χ0v) is 14.8. The summed E-state index contributed by atoms with van der Waals surface area (Å²) in [5.74, 6) is -0.257. The second-order valence-corrected chi connectivity index (χ2v) is 7.22. The molecule has 3 rings (SSSR count). The van der Waals surface area contributed by atoms with Gasteiger partial charge in [-0.25, -0.2) is 4.39 Å². The third kappa shape index (κ3) is 3.90. The predicted molar refractivity (Wildman–Crippen MR) is 99.2 cm³/mol. The first kappa shape index (κ1) is 17.2. The summed E-state index contributed by atoms with van der Waals surface area (Å²) in [5, 5.41) is 4.01. The number of benzene rings is 2. The van der Waals surface area contributed by atoms with Crippen molar-refractivity contribution in [2.45, 2.75) is 32.6 Å². The molecule has 3 nitrogen and oxygen atoms in total. The monoisotopic (exact) mass is 338 g/mol. The molecule has 25 heavy (non-hydrogen) atoms. The van der Waals surface area contributed by atoms with Gasteiger partial charge in [0.15, 0.2) is 0 Å². The molecule has 1 heterocycles. The Morgan fingerprint density at radius 1 is 1.16 bits per heavy atom. The molecular weight excluding hydrogens is 315 g/mol. The third-order valence-corrected chi connectivity index (χ3v) is 4.59. The SMILES string of the molecule is Cc1ccc(CC(=O)NCC(C)(C)c2c[nH]c3cc(F)ccc23)cc1. The number of nitrogens with one attached hydrogen (secondary N) is 2. The van der Waals surface area contributed by atoms with Gasteiger partial charge in [0.2, 0.25) is 5.91 Å². The second kappa shape index (κ2) is 6.71. The summed E-state index contributed by atoms with van der Waals surface area (Å²) in [5.41, 5.74) is 3.76. The van der Waals surface area contributed by atoms with Crippen molar-refractivity contribution in [3.05, 3.63) is 71.2 Å². The van der Waals surface area contributed by atoms with Crippen LogP contribution >= 0.6 is 0 Å². The molecule has 0 unspecified atom stereocenters. The summed E-state index contributed by atoms with van der Waals surface area (Å²) < 4.78 is 13.4. The Hall–Kier alpha value is -2.62. The van der Waals surface area contributed by atoms with Gasteiger partial charge in [-0.3, -0.25) is 4.79 Å². The zero-order chi connectivity index (χ0) is 18.0. The molecule has 0 radical (unpaired) electrons. The molecule has 4 heteroatoms. The maximum Gasteiger partial charge on any atom is 0.224 e. The second-order valence-electron chi connectivity index (χ2n) is 7.22. The van der Waals surface area contributed by atoms with Gasteiger partial charge in [-0.1, -0.05) is 43.7 Å². The van der Waals surface area contributed by atoms with Gasteiger partial charge in [-0.15, -0.1) is 0 Å². The van der Waals surface area contributed by atoms with Crippen LogP contribution in [0, 0.1) is 12.7 Å². The molecular formula is C21H23FN2O. The molecule has 0 aliphatic carbocycles. The number of aromatic amines is 1. The van der Waals surface area contributed by atoms with Crippen LogP contribution in [-0.2, 0) is 16.6 Å². The number of fused-ring (bicyclic) bond motifs is 1. The summed E-state index contributed by atoms with van der Waals surface area (Å²) in [6.45, 7) is 6.69. The van der Waals surface area contributed by atoms with Crippen molar-refractivity contribution >= 4 is 16.8 Å². The largest absolute Gasteiger partial charge is 0.361 e. The highest BCUT2D eigenvalue weighted by atomic mass is 19.1. The summed E-state index contributed by atoms with van der Waals surface area (Å²) in [4.78, 5) is 15.4. The van der Waals surface area contributed by atoms with Crippen molar-refractivity contribution in [2.24, 2.45) is 0 Å². The molecule has 0 aliphatic heterocycles. The number of hydrogen-bond acceptors (Lipinski definition) is 1. The predicted octanol–water partition coefficient (Wildman–Crippen LogP) is 4.25. The Bertz CT molecular complexity index is 894. The number of aromatic nitrogens is 1.